The minimum atomic E-state index is -4.31. The molecule has 6 heteroatoms. The zero-order valence-corrected chi connectivity index (χ0v) is 12.6. The maximum Gasteiger partial charge on any atom is 0.390 e. The Kier molecular flexibility index (Phi) is 5.50. The van der Waals surface area contributed by atoms with E-state index in [1.165, 1.54) is 19.2 Å². The number of halogens is 3. The van der Waals surface area contributed by atoms with E-state index in [1.54, 1.807) is 6.07 Å². The van der Waals surface area contributed by atoms with Gasteiger partial charge in [0.1, 0.15) is 6.61 Å². The van der Waals surface area contributed by atoms with Crippen molar-refractivity contribution in [1.29, 1.82) is 0 Å². The summed E-state index contributed by atoms with van der Waals surface area (Å²) in [6.07, 6.45) is -5.39. The number of hydrogen-bond acceptors (Lipinski definition) is 3. The maximum atomic E-state index is 12.4. The molecule has 0 bridgehead atoms. The van der Waals surface area contributed by atoms with E-state index in [4.69, 9.17) is 15.2 Å². The number of ether oxygens (including phenoxy) is 2. The number of alkyl halides is 3. The Balaban J connectivity index is 2.10. The van der Waals surface area contributed by atoms with Crippen LogP contribution in [0, 0.1) is 0 Å². The Labute approximate surface area is 132 Å². The number of hydrogen-bond donors (Lipinski definition) is 1. The standard InChI is InChI=1S/C17H18F3NO2/c1-22-16-9-13(14(21)10-17(18,19)20)7-8-15(16)23-11-12-5-3-2-4-6-12/h2-9,14H,10-11,21H2,1H3/t14-/m0/s1. The Hall–Kier alpha value is -2.21. The summed E-state index contributed by atoms with van der Waals surface area (Å²) in [7, 11) is 1.43. The van der Waals surface area contributed by atoms with Crippen molar-refractivity contribution in [3.05, 3.63) is 59.7 Å². The monoisotopic (exact) mass is 325 g/mol. The quantitative estimate of drug-likeness (QED) is 0.864. The Morgan fingerprint density at radius 2 is 1.74 bits per heavy atom. The molecule has 0 fully saturated rings. The summed E-state index contributed by atoms with van der Waals surface area (Å²) in [5, 5.41) is 0. The lowest BCUT2D eigenvalue weighted by Crippen LogP contribution is -2.20. The molecular weight excluding hydrogens is 307 g/mol. The van der Waals surface area contributed by atoms with E-state index in [2.05, 4.69) is 0 Å². The highest BCUT2D eigenvalue weighted by atomic mass is 19.4. The van der Waals surface area contributed by atoms with Crippen LogP contribution in [0.2, 0.25) is 0 Å². The molecule has 2 N–H and O–H groups in total. The Morgan fingerprint density at radius 3 is 2.35 bits per heavy atom. The van der Waals surface area contributed by atoms with Crippen LogP contribution in [-0.2, 0) is 6.61 Å². The van der Waals surface area contributed by atoms with E-state index in [9.17, 15) is 13.2 Å². The van der Waals surface area contributed by atoms with Gasteiger partial charge in [0.25, 0.3) is 0 Å². The summed E-state index contributed by atoms with van der Waals surface area (Å²) in [6.45, 7) is 0.338. The summed E-state index contributed by atoms with van der Waals surface area (Å²) in [6, 6.07) is 13.0. The lowest BCUT2D eigenvalue weighted by atomic mass is 10.0. The topological polar surface area (TPSA) is 44.5 Å². The summed E-state index contributed by atoms with van der Waals surface area (Å²) in [5.74, 6) is 0.815. The molecule has 0 aliphatic heterocycles. The second-order valence-corrected chi connectivity index (χ2v) is 5.11. The zero-order valence-electron chi connectivity index (χ0n) is 12.6. The van der Waals surface area contributed by atoms with Gasteiger partial charge in [0.2, 0.25) is 0 Å². The molecule has 0 amide bonds. The van der Waals surface area contributed by atoms with E-state index >= 15 is 0 Å². The number of methoxy groups -OCH3 is 1. The SMILES string of the molecule is COc1cc([C@@H](N)CC(F)(F)F)ccc1OCc1ccccc1. The van der Waals surface area contributed by atoms with Gasteiger partial charge in [-0.25, -0.2) is 0 Å². The van der Waals surface area contributed by atoms with Gasteiger partial charge in [-0.3, -0.25) is 0 Å². The fraction of sp³-hybridized carbons (Fsp3) is 0.294. The first-order valence-corrected chi connectivity index (χ1v) is 7.06. The molecule has 0 radical (unpaired) electrons. The van der Waals surface area contributed by atoms with Crippen molar-refractivity contribution in [3.63, 3.8) is 0 Å². The Morgan fingerprint density at radius 1 is 1.04 bits per heavy atom. The molecule has 23 heavy (non-hydrogen) atoms. The molecule has 0 aromatic heterocycles. The lowest BCUT2D eigenvalue weighted by Gasteiger charge is -2.17. The second kappa shape index (κ2) is 7.37. The third kappa shape index (κ3) is 5.17. The van der Waals surface area contributed by atoms with Gasteiger partial charge in [-0.1, -0.05) is 36.4 Å². The summed E-state index contributed by atoms with van der Waals surface area (Å²) in [4.78, 5) is 0. The second-order valence-electron chi connectivity index (χ2n) is 5.11. The van der Waals surface area contributed by atoms with Crippen molar-refractivity contribution in [2.24, 2.45) is 5.73 Å². The highest BCUT2D eigenvalue weighted by Crippen LogP contribution is 2.34. The third-order valence-corrected chi connectivity index (χ3v) is 3.30. The molecule has 124 valence electrons. The molecule has 0 saturated carbocycles. The molecular formula is C17H18F3NO2. The van der Waals surface area contributed by atoms with Crippen molar-refractivity contribution in [2.45, 2.75) is 25.2 Å². The van der Waals surface area contributed by atoms with E-state index in [0.717, 1.165) is 5.56 Å². The van der Waals surface area contributed by atoms with E-state index in [-0.39, 0.29) is 0 Å². The Bertz CT molecular complexity index is 629. The fourth-order valence-corrected chi connectivity index (χ4v) is 2.14. The first-order valence-electron chi connectivity index (χ1n) is 7.06. The van der Waals surface area contributed by atoms with E-state index in [0.29, 0.717) is 23.7 Å². The largest absolute Gasteiger partial charge is 0.493 e. The maximum absolute atomic E-state index is 12.4. The highest BCUT2D eigenvalue weighted by Gasteiger charge is 2.31. The van der Waals surface area contributed by atoms with Crippen LogP contribution in [0.1, 0.15) is 23.6 Å². The molecule has 3 nitrogen and oxygen atoms in total. The van der Waals surface area contributed by atoms with E-state index < -0.39 is 18.6 Å². The van der Waals surface area contributed by atoms with Crippen LogP contribution in [0.5, 0.6) is 11.5 Å². The molecule has 0 aliphatic rings. The fourth-order valence-electron chi connectivity index (χ4n) is 2.14. The molecule has 0 spiro atoms. The molecule has 2 aromatic carbocycles. The van der Waals surface area contributed by atoms with Gasteiger partial charge < -0.3 is 15.2 Å². The van der Waals surface area contributed by atoms with Gasteiger partial charge in [-0.15, -0.1) is 0 Å². The molecule has 0 unspecified atom stereocenters. The van der Waals surface area contributed by atoms with Crippen molar-refractivity contribution >= 4 is 0 Å². The van der Waals surface area contributed by atoms with Gasteiger partial charge in [-0.05, 0) is 23.3 Å². The van der Waals surface area contributed by atoms with Crippen LogP contribution in [0.4, 0.5) is 13.2 Å². The van der Waals surface area contributed by atoms with Gasteiger partial charge in [0.05, 0.1) is 13.5 Å². The molecule has 0 aliphatic carbocycles. The highest BCUT2D eigenvalue weighted by molar-refractivity contribution is 5.44. The van der Waals surface area contributed by atoms with Gasteiger partial charge in [0, 0.05) is 6.04 Å². The van der Waals surface area contributed by atoms with Crippen molar-refractivity contribution in [1.82, 2.24) is 0 Å². The number of rotatable bonds is 6. The lowest BCUT2D eigenvalue weighted by molar-refractivity contribution is -0.138. The first-order chi connectivity index (χ1) is 10.9. The minimum Gasteiger partial charge on any atom is -0.493 e. The molecule has 2 aromatic rings. The van der Waals surface area contributed by atoms with Crippen LogP contribution < -0.4 is 15.2 Å². The number of benzene rings is 2. The van der Waals surface area contributed by atoms with Crippen molar-refractivity contribution in [3.8, 4) is 11.5 Å². The molecule has 0 saturated heterocycles. The minimum absolute atomic E-state index is 0.338. The normalized spacial score (nSPS) is 12.7. The predicted octanol–water partition coefficient (Wildman–Crippen LogP) is 4.23. The van der Waals surface area contributed by atoms with E-state index in [1.807, 2.05) is 30.3 Å². The van der Waals surface area contributed by atoms with Crippen LogP contribution in [0.15, 0.2) is 48.5 Å². The first kappa shape index (κ1) is 17.1. The zero-order chi connectivity index (χ0) is 16.9. The number of nitrogens with two attached hydrogens (primary N) is 1. The molecule has 2 rings (SSSR count). The van der Waals surface area contributed by atoms with Crippen LogP contribution in [-0.4, -0.2) is 13.3 Å². The predicted molar refractivity (Wildman–Crippen MR) is 81.4 cm³/mol. The average Bonchev–Trinajstić information content (AvgIpc) is 2.52. The summed E-state index contributed by atoms with van der Waals surface area (Å²) in [5.41, 5.74) is 6.94. The molecule has 0 heterocycles. The average molecular weight is 325 g/mol. The van der Waals surface area contributed by atoms with Crippen molar-refractivity contribution in [2.75, 3.05) is 7.11 Å². The van der Waals surface area contributed by atoms with Gasteiger partial charge in [-0.2, -0.15) is 13.2 Å². The van der Waals surface area contributed by atoms with Gasteiger partial charge >= 0.3 is 6.18 Å². The summed E-state index contributed by atoms with van der Waals surface area (Å²) >= 11 is 0. The van der Waals surface area contributed by atoms with Crippen molar-refractivity contribution < 1.29 is 22.6 Å². The van der Waals surface area contributed by atoms with Crippen LogP contribution >= 0.6 is 0 Å². The smallest absolute Gasteiger partial charge is 0.390 e. The third-order valence-electron chi connectivity index (χ3n) is 3.30. The summed E-state index contributed by atoms with van der Waals surface area (Å²) < 4.78 is 48.1. The van der Waals surface area contributed by atoms with Crippen LogP contribution in [0.25, 0.3) is 0 Å². The van der Waals surface area contributed by atoms with Gasteiger partial charge in [0.15, 0.2) is 11.5 Å². The van der Waals surface area contributed by atoms with Crippen LogP contribution in [0.3, 0.4) is 0 Å². The molecule has 1 atom stereocenters.